The van der Waals surface area contributed by atoms with Gasteiger partial charge in [-0.05, 0) is 56.7 Å². The highest BCUT2D eigenvalue weighted by atomic mass is 16.6. The van der Waals surface area contributed by atoms with Crippen LogP contribution in [-0.4, -0.2) is 20.7 Å². The molecule has 0 bridgehead atoms. The van der Waals surface area contributed by atoms with E-state index in [4.69, 9.17) is 0 Å². The SMILES string of the molecule is Cc1nc(C)c(/C=C/C(=O)/C=C/c2ccc([N+](=O)[O-])cc2)nc1C. The summed E-state index contributed by atoms with van der Waals surface area (Å²) in [5, 5.41) is 10.6. The van der Waals surface area contributed by atoms with Gasteiger partial charge in [-0.1, -0.05) is 6.08 Å². The monoisotopic (exact) mass is 323 g/mol. The summed E-state index contributed by atoms with van der Waals surface area (Å²) in [6, 6.07) is 5.97. The Balaban J connectivity index is 2.07. The lowest BCUT2D eigenvalue weighted by atomic mass is 10.1. The zero-order valence-electron chi connectivity index (χ0n) is 13.7. The van der Waals surface area contributed by atoms with Crippen molar-refractivity contribution in [3.8, 4) is 0 Å². The number of nitrogens with zero attached hydrogens (tertiary/aromatic N) is 3. The van der Waals surface area contributed by atoms with E-state index in [-0.39, 0.29) is 11.5 Å². The maximum atomic E-state index is 11.9. The first-order chi connectivity index (χ1) is 11.4. The van der Waals surface area contributed by atoms with Gasteiger partial charge in [-0.3, -0.25) is 19.9 Å². The van der Waals surface area contributed by atoms with E-state index in [1.54, 1.807) is 24.3 Å². The van der Waals surface area contributed by atoms with Gasteiger partial charge >= 0.3 is 0 Å². The first kappa shape index (κ1) is 17.2. The summed E-state index contributed by atoms with van der Waals surface area (Å²) in [6.07, 6.45) is 6.07. The van der Waals surface area contributed by atoms with Crippen LogP contribution >= 0.6 is 0 Å². The molecule has 0 spiro atoms. The number of ketones is 1. The van der Waals surface area contributed by atoms with E-state index in [9.17, 15) is 14.9 Å². The molecule has 24 heavy (non-hydrogen) atoms. The zero-order valence-corrected chi connectivity index (χ0v) is 13.7. The van der Waals surface area contributed by atoms with Crippen molar-refractivity contribution in [2.24, 2.45) is 0 Å². The summed E-state index contributed by atoms with van der Waals surface area (Å²) < 4.78 is 0. The number of hydrogen-bond donors (Lipinski definition) is 0. The lowest BCUT2D eigenvalue weighted by Gasteiger charge is -2.03. The molecular formula is C18H17N3O3. The Labute approximate surface area is 139 Å². The second-order valence-corrected chi connectivity index (χ2v) is 5.28. The van der Waals surface area contributed by atoms with Gasteiger partial charge in [-0.2, -0.15) is 0 Å². The normalized spacial score (nSPS) is 11.3. The minimum Gasteiger partial charge on any atom is -0.290 e. The van der Waals surface area contributed by atoms with E-state index in [1.807, 2.05) is 20.8 Å². The van der Waals surface area contributed by atoms with Crippen molar-refractivity contribution in [1.29, 1.82) is 0 Å². The Bertz CT molecular complexity index is 837. The first-order valence-electron chi connectivity index (χ1n) is 7.33. The number of nitro groups is 1. The second kappa shape index (κ2) is 7.41. The second-order valence-electron chi connectivity index (χ2n) is 5.28. The number of aromatic nitrogens is 2. The van der Waals surface area contributed by atoms with Gasteiger partial charge in [-0.15, -0.1) is 0 Å². The van der Waals surface area contributed by atoms with Gasteiger partial charge in [0.25, 0.3) is 5.69 Å². The Morgan fingerprint density at radius 3 is 2.17 bits per heavy atom. The minimum absolute atomic E-state index is 0.0159. The lowest BCUT2D eigenvalue weighted by Crippen LogP contribution is -1.99. The molecule has 1 heterocycles. The van der Waals surface area contributed by atoms with Crippen LogP contribution in [0, 0.1) is 30.9 Å². The third-order valence-corrected chi connectivity index (χ3v) is 3.47. The molecule has 0 saturated heterocycles. The molecule has 0 fully saturated rings. The van der Waals surface area contributed by atoms with Crippen molar-refractivity contribution in [3.63, 3.8) is 0 Å². The Hall–Kier alpha value is -3.15. The number of non-ortho nitro benzene ring substituents is 1. The van der Waals surface area contributed by atoms with Crippen LogP contribution in [-0.2, 0) is 4.79 Å². The Morgan fingerprint density at radius 1 is 0.958 bits per heavy atom. The summed E-state index contributed by atoms with van der Waals surface area (Å²) >= 11 is 0. The highest BCUT2D eigenvalue weighted by molar-refractivity contribution is 6.04. The predicted octanol–water partition coefficient (Wildman–Crippen LogP) is 3.61. The topological polar surface area (TPSA) is 86.0 Å². The molecule has 2 rings (SSSR count). The average molecular weight is 323 g/mol. The van der Waals surface area contributed by atoms with Gasteiger partial charge in [0.1, 0.15) is 0 Å². The van der Waals surface area contributed by atoms with Gasteiger partial charge in [-0.25, -0.2) is 4.98 Å². The van der Waals surface area contributed by atoms with Crippen LogP contribution < -0.4 is 0 Å². The molecule has 1 aromatic carbocycles. The predicted molar refractivity (Wildman–Crippen MR) is 92.4 cm³/mol. The summed E-state index contributed by atoms with van der Waals surface area (Å²) in [6.45, 7) is 5.60. The first-order valence-corrected chi connectivity index (χ1v) is 7.33. The van der Waals surface area contributed by atoms with Gasteiger partial charge in [0, 0.05) is 12.1 Å². The maximum absolute atomic E-state index is 11.9. The molecule has 0 saturated carbocycles. The summed E-state index contributed by atoms with van der Waals surface area (Å²) in [7, 11) is 0. The summed E-state index contributed by atoms with van der Waals surface area (Å²) in [5.74, 6) is -0.201. The molecule has 1 aromatic heterocycles. The third-order valence-electron chi connectivity index (χ3n) is 3.47. The Morgan fingerprint density at radius 2 is 1.54 bits per heavy atom. The van der Waals surface area contributed by atoms with E-state index in [2.05, 4.69) is 9.97 Å². The molecule has 0 aliphatic carbocycles. The van der Waals surface area contributed by atoms with Crippen LogP contribution in [0.1, 0.15) is 28.3 Å². The van der Waals surface area contributed by atoms with Gasteiger partial charge in [0.15, 0.2) is 5.78 Å². The third kappa shape index (κ3) is 4.42. The van der Waals surface area contributed by atoms with Crippen LogP contribution in [0.2, 0.25) is 0 Å². The van der Waals surface area contributed by atoms with E-state index in [0.717, 1.165) is 17.1 Å². The van der Waals surface area contributed by atoms with Crippen molar-refractivity contribution < 1.29 is 9.72 Å². The van der Waals surface area contributed by atoms with E-state index in [0.29, 0.717) is 11.3 Å². The molecule has 0 unspecified atom stereocenters. The number of carbonyl (C=O) groups excluding carboxylic acids is 1. The molecule has 0 amide bonds. The van der Waals surface area contributed by atoms with Crippen LogP contribution in [0.25, 0.3) is 12.2 Å². The quantitative estimate of drug-likeness (QED) is 0.476. The molecular weight excluding hydrogens is 306 g/mol. The molecule has 0 N–H and O–H groups in total. The number of benzene rings is 1. The lowest BCUT2D eigenvalue weighted by molar-refractivity contribution is -0.384. The van der Waals surface area contributed by atoms with E-state index < -0.39 is 4.92 Å². The number of nitro benzene ring substituents is 1. The highest BCUT2D eigenvalue weighted by Crippen LogP contribution is 2.13. The van der Waals surface area contributed by atoms with Crippen LogP contribution in [0.3, 0.4) is 0 Å². The van der Waals surface area contributed by atoms with Crippen molar-refractivity contribution in [2.45, 2.75) is 20.8 Å². The van der Waals surface area contributed by atoms with Crippen LogP contribution in [0.4, 0.5) is 5.69 Å². The van der Waals surface area contributed by atoms with E-state index in [1.165, 1.54) is 24.3 Å². The molecule has 0 aliphatic rings. The molecule has 0 aliphatic heterocycles. The number of carbonyl (C=O) groups is 1. The smallest absolute Gasteiger partial charge is 0.269 e. The molecule has 6 nitrogen and oxygen atoms in total. The fraction of sp³-hybridized carbons (Fsp3) is 0.167. The summed E-state index contributed by atoms with van der Waals surface area (Å²) in [5.41, 5.74) is 3.85. The molecule has 2 aromatic rings. The number of hydrogen-bond acceptors (Lipinski definition) is 5. The molecule has 122 valence electrons. The Kier molecular flexibility index (Phi) is 5.31. The van der Waals surface area contributed by atoms with Gasteiger partial charge < -0.3 is 0 Å². The highest BCUT2D eigenvalue weighted by Gasteiger charge is 2.04. The van der Waals surface area contributed by atoms with Crippen molar-refractivity contribution >= 4 is 23.6 Å². The fourth-order valence-electron chi connectivity index (χ4n) is 1.99. The number of rotatable bonds is 5. The molecule has 0 radical (unpaired) electrons. The minimum atomic E-state index is -0.464. The fourth-order valence-corrected chi connectivity index (χ4v) is 1.99. The van der Waals surface area contributed by atoms with Crippen LogP contribution in [0.5, 0.6) is 0 Å². The van der Waals surface area contributed by atoms with E-state index >= 15 is 0 Å². The number of aryl methyl sites for hydroxylation is 3. The van der Waals surface area contributed by atoms with Crippen molar-refractivity contribution in [2.75, 3.05) is 0 Å². The van der Waals surface area contributed by atoms with Gasteiger partial charge in [0.05, 0.1) is 27.7 Å². The van der Waals surface area contributed by atoms with Crippen LogP contribution in [0.15, 0.2) is 36.4 Å². The largest absolute Gasteiger partial charge is 0.290 e. The van der Waals surface area contributed by atoms with Crippen molar-refractivity contribution in [3.05, 3.63) is 74.9 Å². The number of allylic oxidation sites excluding steroid dienone is 2. The molecule has 0 atom stereocenters. The van der Waals surface area contributed by atoms with Crippen molar-refractivity contribution in [1.82, 2.24) is 9.97 Å². The molecule has 6 heteroatoms. The standard InChI is InChI=1S/C18H17N3O3/c1-12-13(2)20-18(14(3)19-12)11-10-17(22)9-6-15-4-7-16(8-5-15)21(23)24/h4-11H,1-3H3/b9-6+,11-10+. The summed E-state index contributed by atoms with van der Waals surface area (Å²) in [4.78, 5) is 30.8. The zero-order chi connectivity index (χ0) is 17.7. The van der Waals surface area contributed by atoms with Gasteiger partial charge in [0.2, 0.25) is 0 Å². The maximum Gasteiger partial charge on any atom is 0.269 e. The average Bonchev–Trinajstić information content (AvgIpc) is 2.55.